The van der Waals surface area contributed by atoms with E-state index in [1.165, 1.54) is 16.8 Å². The number of carbonyl (C=O) groups excluding carboxylic acids is 1. The molecule has 116 valence electrons. The highest BCUT2D eigenvalue weighted by Crippen LogP contribution is 2.21. The van der Waals surface area contributed by atoms with Crippen LogP contribution in [0.3, 0.4) is 0 Å². The van der Waals surface area contributed by atoms with Gasteiger partial charge in [-0.1, -0.05) is 11.6 Å². The summed E-state index contributed by atoms with van der Waals surface area (Å²) in [4.78, 5) is 24.6. The predicted octanol–water partition coefficient (Wildman–Crippen LogP) is 2.62. The van der Waals surface area contributed by atoms with Crippen LogP contribution in [0.2, 0.25) is 0 Å². The van der Waals surface area contributed by atoms with Gasteiger partial charge in [-0.25, -0.2) is 4.68 Å². The zero-order chi connectivity index (χ0) is 16.1. The SMILES string of the molecule is CC(C)=CC(=O)NCC(C)n1nc(-c2cccs2)ccc1=O. The van der Waals surface area contributed by atoms with Crippen molar-refractivity contribution in [2.45, 2.75) is 26.8 Å². The quantitative estimate of drug-likeness (QED) is 0.862. The van der Waals surface area contributed by atoms with Gasteiger partial charge in [0.25, 0.3) is 5.56 Å². The summed E-state index contributed by atoms with van der Waals surface area (Å²) in [5, 5.41) is 9.15. The van der Waals surface area contributed by atoms with Crippen molar-refractivity contribution in [2.75, 3.05) is 6.54 Å². The lowest BCUT2D eigenvalue weighted by molar-refractivity contribution is -0.116. The predicted molar refractivity (Wildman–Crippen MR) is 89.0 cm³/mol. The van der Waals surface area contributed by atoms with Crippen molar-refractivity contribution in [2.24, 2.45) is 0 Å². The van der Waals surface area contributed by atoms with E-state index in [4.69, 9.17) is 0 Å². The minimum Gasteiger partial charge on any atom is -0.350 e. The molecule has 0 aliphatic carbocycles. The average Bonchev–Trinajstić information content (AvgIpc) is 2.98. The number of aromatic nitrogens is 2. The summed E-state index contributed by atoms with van der Waals surface area (Å²) in [6.45, 7) is 5.93. The second kappa shape index (κ2) is 7.17. The van der Waals surface area contributed by atoms with Crippen LogP contribution in [-0.2, 0) is 4.79 Å². The van der Waals surface area contributed by atoms with Crippen LogP contribution in [0.1, 0.15) is 26.8 Å². The molecule has 2 heterocycles. The molecule has 0 aliphatic heterocycles. The summed E-state index contributed by atoms with van der Waals surface area (Å²) in [6, 6.07) is 6.92. The molecule has 0 bridgehead atoms. The molecule has 2 rings (SSSR count). The topological polar surface area (TPSA) is 64.0 Å². The summed E-state index contributed by atoms with van der Waals surface area (Å²) in [7, 11) is 0. The van der Waals surface area contributed by atoms with E-state index >= 15 is 0 Å². The Balaban J connectivity index is 2.14. The van der Waals surface area contributed by atoms with Crippen LogP contribution in [0.5, 0.6) is 0 Å². The van der Waals surface area contributed by atoms with Crippen molar-refractivity contribution in [3.05, 3.63) is 51.6 Å². The van der Waals surface area contributed by atoms with E-state index in [0.29, 0.717) is 6.54 Å². The van der Waals surface area contributed by atoms with E-state index in [1.54, 1.807) is 17.4 Å². The molecule has 0 aromatic carbocycles. The number of thiophene rings is 1. The maximum absolute atomic E-state index is 12.0. The second-order valence-corrected chi connectivity index (χ2v) is 6.24. The maximum Gasteiger partial charge on any atom is 0.267 e. The first-order valence-electron chi connectivity index (χ1n) is 7.04. The van der Waals surface area contributed by atoms with Gasteiger partial charge in [0.1, 0.15) is 5.69 Å². The number of hydrogen-bond donors (Lipinski definition) is 1. The third-order valence-electron chi connectivity index (χ3n) is 3.01. The van der Waals surface area contributed by atoms with Crippen LogP contribution in [0.25, 0.3) is 10.6 Å². The van der Waals surface area contributed by atoms with Crippen LogP contribution in [0.4, 0.5) is 0 Å². The Kier molecular flexibility index (Phi) is 5.27. The number of nitrogens with zero attached hydrogens (tertiary/aromatic N) is 2. The highest BCUT2D eigenvalue weighted by Gasteiger charge is 2.11. The van der Waals surface area contributed by atoms with Gasteiger partial charge in [0.15, 0.2) is 0 Å². The Morgan fingerprint density at radius 1 is 1.41 bits per heavy atom. The van der Waals surface area contributed by atoms with Gasteiger partial charge < -0.3 is 5.32 Å². The average molecular weight is 317 g/mol. The molecule has 1 unspecified atom stereocenters. The molecule has 0 radical (unpaired) electrons. The third-order valence-corrected chi connectivity index (χ3v) is 3.90. The maximum atomic E-state index is 12.0. The van der Waals surface area contributed by atoms with Gasteiger partial charge in [0, 0.05) is 18.7 Å². The molecule has 6 heteroatoms. The van der Waals surface area contributed by atoms with Crippen molar-refractivity contribution >= 4 is 17.2 Å². The number of amides is 1. The summed E-state index contributed by atoms with van der Waals surface area (Å²) in [6.07, 6.45) is 1.53. The molecule has 0 aliphatic rings. The molecule has 1 amide bonds. The highest BCUT2D eigenvalue weighted by atomic mass is 32.1. The van der Waals surface area contributed by atoms with Gasteiger partial charge in [-0.15, -0.1) is 11.3 Å². The van der Waals surface area contributed by atoms with Gasteiger partial charge in [0.2, 0.25) is 5.91 Å². The lowest BCUT2D eigenvalue weighted by Gasteiger charge is -2.14. The number of nitrogens with one attached hydrogen (secondary N) is 1. The van der Waals surface area contributed by atoms with Gasteiger partial charge >= 0.3 is 0 Å². The smallest absolute Gasteiger partial charge is 0.267 e. The van der Waals surface area contributed by atoms with E-state index in [0.717, 1.165) is 16.1 Å². The van der Waals surface area contributed by atoms with Crippen LogP contribution in [-0.4, -0.2) is 22.2 Å². The number of carbonyl (C=O) groups is 1. The summed E-state index contributed by atoms with van der Waals surface area (Å²) >= 11 is 1.57. The first-order chi connectivity index (χ1) is 10.5. The molecular formula is C16H19N3O2S. The van der Waals surface area contributed by atoms with Crippen LogP contribution in [0, 0.1) is 0 Å². The molecule has 0 saturated carbocycles. The van der Waals surface area contributed by atoms with Crippen molar-refractivity contribution in [1.82, 2.24) is 15.1 Å². The molecule has 2 aromatic rings. The molecule has 5 nitrogen and oxygen atoms in total. The van der Waals surface area contributed by atoms with Crippen molar-refractivity contribution < 1.29 is 4.79 Å². The standard InChI is InChI=1S/C16H19N3O2S/c1-11(2)9-15(20)17-10-12(3)19-16(21)7-6-13(18-19)14-5-4-8-22-14/h4-9,12H,10H2,1-3H3,(H,17,20). The van der Waals surface area contributed by atoms with E-state index in [1.807, 2.05) is 38.3 Å². The lowest BCUT2D eigenvalue weighted by atomic mass is 10.3. The Bertz CT molecular complexity index is 728. The normalized spacial score (nSPS) is 11.8. The Hall–Kier alpha value is -2.21. The van der Waals surface area contributed by atoms with Gasteiger partial charge in [-0.3, -0.25) is 9.59 Å². The molecule has 0 fully saturated rings. The number of rotatable bonds is 5. The number of allylic oxidation sites excluding steroid dienone is 1. The van der Waals surface area contributed by atoms with Crippen molar-refractivity contribution in [3.8, 4) is 10.6 Å². The van der Waals surface area contributed by atoms with Gasteiger partial charge in [-0.05, 0) is 38.3 Å². The van der Waals surface area contributed by atoms with E-state index in [9.17, 15) is 9.59 Å². The molecule has 2 aromatic heterocycles. The highest BCUT2D eigenvalue weighted by molar-refractivity contribution is 7.13. The zero-order valence-corrected chi connectivity index (χ0v) is 13.7. The fourth-order valence-electron chi connectivity index (χ4n) is 1.94. The second-order valence-electron chi connectivity index (χ2n) is 5.29. The summed E-state index contributed by atoms with van der Waals surface area (Å²) in [5.41, 5.74) is 1.52. The molecule has 0 saturated heterocycles. The number of hydrogen-bond acceptors (Lipinski definition) is 4. The first-order valence-corrected chi connectivity index (χ1v) is 7.92. The Labute approximate surface area is 133 Å². The van der Waals surface area contributed by atoms with E-state index < -0.39 is 0 Å². The molecule has 1 N–H and O–H groups in total. The Morgan fingerprint density at radius 3 is 2.82 bits per heavy atom. The largest absolute Gasteiger partial charge is 0.350 e. The van der Waals surface area contributed by atoms with Crippen LogP contribution in [0.15, 0.2) is 46.1 Å². The van der Waals surface area contributed by atoms with Crippen LogP contribution >= 0.6 is 11.3 Å². The molecule has 0 spiro atoms. The zero-order valence-electron chi connectivity index (χ0n) is 12.9. The van der Waals surface area contributed by atoms with Crippen molar-refractivity contribution in [1.29, 1.82) is 0 Å². The summed E-state index contributed by atoms with van der Waals surface area (Å²) < 4.78 is 1.41. The fourth-order valence-corrected chi connectivity index (χ4v) is 2.64. The lowest BCUT2D eigenvalue weighted by Crippen LogP contribution is -2.34. The summed E-state index contributed by atoms with van der Waals surface area (Å²) in [5.74, 6) is -0.158. The van der Waals surface area contributed by atoms with E-state index in [-0.39, 0.29) is 17.5 Å². The monoisotopic (exact) mass is 317 g/mol. The van der Waals surface area contributed by atoms with Gasteiger partial charge in [0.05, 0.1) is 10.9 Å². The molecular weight excluding hydrogens is 298 g/mol. The van der Waals surface area contributed by atoms with Crippen LogP contribution < -0.4 is 10.9 Å². The minimum atomic E-state index is -0.220. The van der Waals surface area contributed by atoms with E-state index in [2.05, 4.69) is 10.4 Å². The van der Waals surface area contributed by atoms with Crippen molar-refractivity contribution in [3.63, 3.8) is 0 Å². The first kappa shape index (κ1) is 16.2. The Morgan fingerprint density at radius 2 is 2.18 bits per heavy atom. The third kappa shape index (κ3) is 4.14. The molecule has 1 atom stereocenters. The molecule has 22 heavy (non-hydrogen) atoms. The fraction of sp³-hybridized carbons (Fsp3) is 0.312. The minimum absolute atomic E-state index is 0.158. The van der Waals surface area contributed by atoms with Gasteiger partial charge in [-0.2, -0.15) is 5.10 Å².